The number of aliphatic hydroxyl groups is 4. The summed E-state index contributed by atoms with van der Waals surface area (Å²) < 4.78 is 56.8. The van der Waals surface area contributed by atoms with Gasteiger partial charge in [-0.05, 0) is 65.8 Å². The number of ether oxygens (including phenoxy) is 8. The fourth-order valence-corrected chi connectivity index (χ4v) is 7.96. The summed E-state index contributed by atoms with van der Waals surface area (Å²) in [5.74, 6) is -0.655. The minimum absolute atomic E-state index is 0.0877. The van der Waals surface area contributed by atoms with Gasteiger partial charge in [0, 0.05) is 49.0 Å². The SMILES string of the molecule is COc1cc2cc(NC(=O)C/C=C/CC(=O)Nc3cc4cc(OC)c(O[C@H]5OC(C)(C)[C@@H](OC)[C@H](O)[C@@H]5O)c(C)c4oc3=O)c(=O)oc2c(C)c1O[C@H]1OC(C)(C)[C@@H](OC)[C@H](O)[C@@H]1O. The Bertz CT molecular complexity index is 2370. The molecule has 2 saturated heterocycles. The maximum atomic E-state index is 13.0. The number of hydrogen-bond donors (Lipinski definition) is 6. The van der Waals surface area contributed by atoms with Gasteiger partial charge in [0.2, 0.25) is 24.4 Å². The minimum atomic E-state index is -1.50. The zero-order valence-electron chi connectivity index (χ0n) is 37.0. The fourth-order valence-electron chi connectivity index (χ4n) is 7.96. The molecule has 0 radical (unpaired) electrons. The fraction of sp³-hybridized carbons (Fsp3) is 0.500. The molecule has 0 spiro atoms. The molecule has 2 aliphatic rings. The Labute approximate surface area is 366 Å². The first kappa shape index (κ1) is 47.9. The zero-order chi connectivity index (χ0) is 47.0. The smallest absolute Gasteiger partial charge is 0.360 e. The van der Waals surface area contributed by atoms with Gasteiger partial charge in [-0.3, -0.25) is 9.59 Å². The van der Waals surface area contributed by atoms with Crippen LogP contribution in [0, 0.1) is 13.8 Å². The Morgan fingerprint density at radius 3 is 1.31 bits per heavy atom. The average molecular weight is 899 g/mol. The predicted octanol–water partition coefficient (Wildman–Crippen LogP) is 2.95. The molecule has 8 atom stereocenters. The van der Waals surface area contributed by atoms with Crippen LogP contribution in [0.4, 0.5) is 11.4 Å². The van der Waals surface area contributed by atoms with Crippen molar-refractivity contribution in [3.8, 4) is 23.0 Å². The summed E-state index contributed by atoms with van der Waals surface area (Å²) in [5, 5.41) is 48.7. The second-order valence-corrected chi connectivity index (χ2v) is 16.5. The van der Waals surface area contributed by atoms with E-state index in [1.54, 1.807) is 41.5 Å². The minimum Gasteiger partial charge on any atom is -0.493 e. The van der Waals surface area contributed by atoms with Crippen LogP contribution in [0.2, 0.25) is 0 Å². The first-order valence-corrected chi connectivity index (χ1v) is 20.2. The number of carbonyl (C=O) groups is 2. The van der Waals surface area contributed by atoms with Crippen molar-refractivity contribution in [3.05, 3.63) is 68.4 Å². The van der Waals surface area contributed by atoms with Crippen molar-refractivity contribution in [1.29, 1.82) is 0 Å². The van der Waals surface area contributed by atoms with Gasteiger partial charge in [-0.1, -0.05) is 12.2 Å². The van der Waals surface area contributed by atoms with Crippen LogP contribution in [0.1, 0.15) is 51.7 Å². The van der Waals surface area contributed by atoms with Crippen LogP contribution in [-0.2, 0) is 28.5 Å². The highest BCUT2D eigenvalue weighted by atomic mass is 16.7. The second kappa shape index (κ2) is 18.9. The number of rotatable bonds is 14. The molecule has 2 fully saturated rings. The highest BCUT2D eigenvalue weighted by molar-refractivity contribution is 5.96. The molecule has 0 unspecified atom stereocenters. The number of methoxy groups -OCH3 is 4. The van der Waals surface area contributed by atoms with Crippen LogP contribution in [0.5, 0.6) is 23.0 Å². The van der Waals surface area contributed by atoms with E-state index in [9.17, 15) is 39.6 Å². The highest BCUT2D eigenvalue weighted by Gasteiger charge is 2.52. The lowest BCUT2D eigenvalue weighted by Gasteiger charge is -2.46. The zero-order valence-corrected chi connectivity index (χ0v) is 37.0. The molecule has 2 amide bonds. The van der Waals surface area contributed by atoms with Gasteiger partial charge in [0.25, 0.3) is 0 Å². The molecule has 6 N–H and O–H groups in total. The van der Waals surface area contributed by atoms with Crippen LogP contribution >= 0.6 is 0 Å². The third-order valence-electron chi connectivity index (χ3n) is 11.2. The largest absolute Gasteiger partial charge is 0.493 e. The number of fused-ring (bicyclic) bond motifs is 2. The molecule has 20 nitrogen and oxygen atoms in total. The van der Waals surface area contributed by atoms with Gasteiger partial charge in [0.1, 0.15) is 59.2 Å². The monoisotopic (exact) mass is 898 g/mol. The molecule has 4 aromatic rings. The van der Waals surface area contributed by atoms with Gasteiger partial charge < -0.3 is 77.8 Å². The molecule has 64 heavy (non-hydrogen) atoms. The molecule has 348 valence electrons. The predicted molar refractivity (Wildman–Crippen MR) is 228 cm³/mol. The van der Waals surface area contributed by atoms with Gasteiger partial charge in [0.05, 0.1) is 25.4 Å². The molecular formula is C44H54N2O18. The number of anilines is 2. The van der Waals surface area contributed by atoms with Gasteiger partial charge in [-0.15, -0.1) is 0 Å². The second-order valence-electron chi connectivity index (χ2n) is 16.5. The topological polar surface area (TPSA) is 273 Å². The van der Waals surface area contributed by atoms with Crippen molar-refractivity contribution in [2.45, 2.75) is 115 Å². The summed E-state index contributed by atoms with van der Waals surface area (Å²) in [6, 6.07) is 5.81. The summed E-state index contributed by atoms with van der Waals surface area (Å²) in [7, 11) is 5.55. The molecule has 0 saturated carbocycles. The van der Waals surface area contributed by atoms with E-state index in [0.29, 0.717) is 21.9 Å². The van der Waals surface area contributed by atoms with Crippen molar-refractivity contribution in [3.63, 3.8) is 0 Å². The van der Waals surface area contributed by atoms with Gasteiger partial charge in [0.15, 0.2) is 23.0 Å². The molecule has 2 aliphatic heterocycles. The summed E-state index contributed by atoms with van der Waals surface area (Å²) in [5.41, 5.74) is -3.33. The van der Waals surface area contributed by atoms with Crippen LogP contribution < -0.4 is 40.8 Å². The van der Waals surface area contributed by atoms with Gasteiger partial charge in [-0.2, -0.15) is 0 Å². The number of carbonyl (C=O) groups excluding carboxylic acids is 2. The Balaban J connectivity index is 1.09. The number of aryl methyl sites for hydroxylation is 2. The third kappa shape index (κ3) is 9.45. The lowest BCUT2D eigenvalue weighted by atomic mass is 9.89. The molecule has 20 heteroatoms. The van der Waals surface area contributed by atoms with E-state index in [-0.39, 0.29) is 58.4 Å². The van der Waals surface area contributed by atoms with Crippen LogP contribution in [-0.4, -0.2) is 121 Å². The van der Waals surface area contributed by atoms with Gasteiger partial charge in [-0.25, -0.2) is 9.59 Å². The molecule has 6 rings (SSSR count). The molecule has 2 aromatic carbocycles. The summed E-state index contributed by atoms with van der Waals surface area (Å²) in [6.07, 6.45) is -7.70. The van der Waals surface area contributed by atoms with Crippen molar-refractivity contribution in [2.75, 3.05) is 39.1 Å². The van der Waals surface area contributed by atoms with Crippen LogP contribution in [0.3, 0.4) is 0 Å². The van der Waals surface area contributed by atoms with Crippen LogP contribution in [0.15, 0.2) is 54.8 Å². The Hall–Kier alpha value is -5.58. The van der Waals surface area contributed by atoms with E-state index >= 15 is 0 Å². The summed E-state index contributed by atoms with van der Waals surface area (Å²) in [6.45, 7) is 9.90. The third-order valence-corrected chi connectivity index (χ3v) is 11.2. The summed E-state index contributed by atoms with van der Waals surface area (Å²) >= 11 is 0. The van der Waals surface area contributed by atoms with E-state index < -0.39 is 83.5 Å². The standard InChI is InChI=1S/C44H54N2O18/c1-19-33-21(17-25(55-7)35(19)61-41-31(51)29(49)37(57-9)43(3,4)63-41)15-23(39(53)59-33)45-27(47)13-11-12-14-28(48)46-24-16-22-18-26(56-8)36(20(2)34(22)60-40(24)54)62-42-32(52)30(50)38(58-10)44(5,6)64-42/h11-12,15-18,29-32,37-38,41-42,49-52H,13-14H2,1-10H3,(H,45,47)(H,46,48)/b12-11+/t29-,30-,31+,32+,37+,38+,41+,42+/m1/s1. The lowest BCUT2D eigenvalue weighted by Crippen LogP contribution is -2.63. The number of aliphatic hydroxyl groups excluding tert-OH is 4. The normalized spacial score (nSPS) is 25.3. The van der Waals surface area contributed by atoms with Crippen molar-refractivity contribution in [1.82, 2.24) is 0 Å². The lowest BCUT2D eigenvalue weighted by molar-refractivity contribution is -0.306. The van der Waals surface area contributed by atoms with Crippen molar-refractivity contribution >= 4 is 45.1 Å². The van der Waals surface area contributed by atoms with Crippen molar-refractivity contribution in [2.24, 2.45) is 0 Å². The first-order valence-electron chi connectivity index (χ1n) is 20.2. The number of hydrogen-bond acceptors (Lipinski definition) is 18. The number of amides is 2. The maximum absolute atomic E-state index is 13.0. The molecule has 0 aliphatic carbocycles. The van der Waals surface area contributed by atoms with Crippen molar-refractivity contribution < 1.29 is 76.7 Å². The Kier molecular flexibility index (Phi) is 14.1. The number of nitrogens with one attached hydrogen (secondary N) is 2. The van der Waals surface area contributed by atoms with E-state index in [1.165, 1.54) is 64.9 Å². The van der Waals surface area contributed by atoms with Gasteiger partial charge >= 0.3 is 11.3 Å². The summed E-state index contributed by atoms with van der Waals surface area (Å²) in [4.78, 5) is 51.8. The van der Waals surface area contributed by atoms with E-state index in [0.717, 1.165) is 0 Å². The molecule has 0 bridgehead atoms. The van der Waals surface area contributed by atoms with E-state index in [1.807, 2.05) is 0 Å². The Morgan fingerprint density at radius 1 is 0.625 bits per heavy atom. The molecule has 2 aromatic heterocycles. The van der Waals surface area contributed by atoms with Crippen LogP contribution in [0.25, 0.3) is 21.9 Å². The quantitative estimate of drug-likeness (QED) is 0.0784. The Morgan fingerprint density at radius 2 is 0.984 bits per heavy atom. The molecule has 4 heterocycles. The average Bonchev–Trinajstić information content (AvgIpc) is 3.23. The molecular weight excluding hydrogens is 844 g/mol. The first-order chi connectivity index (χ1) is 30.2. The maximum Gasteiger partial charge on any atom is 0.360 e. The van der Waals surface area contributed by atoms with E-state index in [4.69, 9.17) is 46.7 Å². The highest BCUT2D eigenvalue weighted by Crippen LogP contribution is 2.42. The van der Waals surface area contributed by atoms with E-state index in [2.05, 4.69) is 10.6 Å². The number of benzene rings is 2.